The average molecular weight is 218 g/mol. The lowest BCUT2D eigenvalue weighted by atomic mass is 9.79. The second-order valence-electron chi connectivity index (χ2n) is 6.10. The summed E-state index contributed by atoms with van der Waals surface area (Å²) in [7, 11) is 0. The van der Waals surface area contributed by atoms with E-state index >= 15 is 0 Å². The fourth-order valence-electron chi connectivity index (χ4n) is 2.62. The van der Waals surface area contributed by atoms with Crippen molar-refractivity contribution in [2.24, 2.45) is 11.3 Å². The zero-order chi connectivity index (χ0) is 12.0. The molecule has 0 aliphatic carbocycles. The fourth-order valence-corrected chi connectivity index (χ4v) is 2.62. The maximum Gasteiger partial charge on any atom is -0.0279 e. The maximum atomic E-state index is 2.40. The minimum atomic E-state index is 0.503. The van der Waals surface area contributed by atoms with Gasteiger partial charge < -0.3 is 0 Å². The monoisotopic (exact) mass is 218 g/mol. The molecule has 0 nitrogen and oxygen atoms in total. The first-order valence-corrected chi connectivity index (χ1v) is 6.53. The van der Waals surface area contributed by atoms with Crippen LogP contribution in [0.1, 0.15) is 52.5 Å². The van der Waals surface area contributed by atoms with Gasteiger partial charge in [0, 0.05) is 0 Å². The van der Waals surface area contributed by atoms with Crippen LogP contribution >= 0.6 is 0 Å². The largest absolute Gasteiger partial charge is 0.0628 e. The van der Waals surface area contributed by atoms with Crippen LogP contribution in [0.25, 0.3) is 0 Å². The molecule has 0 bridgehead atoms. The molecule has 0 saturated heterocycles. The first-order valence-electron chi connectivity index (χ1n) is 6.53. The molecule has 0 aromatic heterocycles. The smallest absolute Gasteiger partial charge is 0.0279 e. The number of hydrogen-bond donors (Lipinski definition) is 0. The first-order chi connectivity index (χ1) is 7.49. The Hall–Kier alpha value is -0.780. The topological polar surface area (TPSA) is 0 Å². The molecule has 0 unspecified atom stereocenters. The third-order valence-corrected chi connectivity index (χ3v) is 3.12. The highest BCUT2D eigenvalue weighted by Crippen LogP contribution is 2.30. The summed E-state index contributed by atoms with van der Waals surface area (Å²) >= 11 is 0. The number of aryl methyl sites for hydroxylation is 1. The quantitative estimate of drug-likeness (QED) is 0.624. The highest BCUT2D eigenvalue weighted by atomic mass is 14.2. The number of hydrogen-bond acceptors (Lipinski definition) is 0. The Labute approximate surface area is 101 Å². The van der Waals surface area contributed by atoms with E-state index in [2.05, 4.69) is 58.0 Å². The van der Waals surface area contributed by atoms with Crippen molar-refractivity contribution in [3.8, 4) is 0 Å². The Morgan fingerprint density at radius 2 is 1.69 bits per heavy atom. The van der Waals surface area contributed by atoms with Gasteiger partial charge in [0.1, 0.15) is 0 Å². The lowest BCUT2D eigenvalue weighted by Gasteiger charge is -2.26. The van der Waals surface area contributed by atoms with Crippen LogP contribution in [-0.4, -0.2) is 0 Å². The van der Waals surface area contributed by atoms with Crippen molar-refractivity contribution in [3.63, 3.8) is 0 Å². The van der Waals surface area contributed by atoms with Crippen molar-refractivity contribution in [3.05, 3.63) is 35.9 Å². The van der Waals surface area contributed by atoms with Crippen LogP contribution in [0.5, 0.6) is 0 Å². The van der Waals surface area contributed by atoms with Gasteiger partial charge in [0.15, 0.2) is 0 Å². The lowest BCUT2D eigenvalue weighted by molar-refractivity contribution is 0.259. The summed E-state index contributed by atoms with van der Waals surface area (Å²) in [5.74, 6) is 0.812. The molecule has 0 N–H and O–H groups in total. The Balaban J connectivity index is 2.30. The van der Waals surface area contributed by atoms with Crippen molar-refractivity contribution in [2.45, 2.75) is 53.4 Å². The van der Waals surface area contributed by atoms with Crippen LogP contribution in [0, 0.1) is 11.3 Å². The van der Waals surface area contributed by atoms with Gasteiger partial charge in [-0.2, -0.15) is 0 Å². The Bertz CT molecular complexity index is 282. The molecule has 0 aliphatic heterocycles. The van der Waals surface area contributed by atoms with E-state index in [9.17, 15) is 0 Å². The molecule has 0 atom stereocenters. The van der Waals surface area contributed by atoms with Gasteiger partial charge in [-0.05, 0) is 42.6 Å². The Morgan fingerprint density at radius 1 is 1.06 bits per heavy atom. The second-order valence-corrected chi connectivity index (χ2v) is 6.10. The van der Waals surface area contributed by atoms with Crippen molar-refractivity contribution in [1.82, 2.24) is 0 Å². The van der Waals surface area contributed by atoms with E-state index in [0.29, 0.717) is 5.41 Å². The van der Waals surface area contributed by atoms with Crippen molar-refractivity contribution < 1.29 is 0 Å². The summed E-state index contributed by atoms with van der Waals surface area (Å²) in [6, 6.07) is 10.8. The van der Waals surface area contributed by atoms with E-state index in [-0.39, 0.29) is 0 Å². The Morgan fingerprint density at radius 3 is 2.25 bits per heavy atom. The summed E-state index contributed by atoms with van der Waals surface area (Å²) in [6.45, 7) is 9.44. The van der Waals surface area contributed by atoms with Gasteiger partial charge in [0.05, 0.1) is 0 Å². The molecule has 0 radical (unpaired) electrons. The first kappa shape index (κ1) is 13.3. The summed E-state index contributed by atoms with van der Waals surface area (Å²) in [5, 5.41) is 0. The van der Waals surface area contributed by atoms with Crippen molar-refractivity contribution in [1.29, 1.82) is 0 Å². The minimum absolute atomic E-state index is 0.503. The van der Waals surface area contributed by atoms with E-state index in [1.165, 1.54) is 31.2 Å². The van der Waals surface area contributed by atoms with Crippen LogP contribution in [0.2, 0.25) is 0 Å². The molecular formula is C16H26. The zero-order valence-electron chi connectivity index (χ0n) is 11.3. The summed E-state index contributed by atoms with van der Waals surface area (Å²) in [5.41, 5.74) is 1.98. The molecule has 1 aromatic carbocycles. The van der Waals surface area contributed by atoms with E-state index in [4.69, 9.17) is 0 Å². The molecule has 1 rings (SSSR count). The van der Waals surface area contributed by atoms with Crippen LogP contribution in [0.3, 0.4) is 0 Å². The van der Waals surface area contributed by atoms with Gasteiger partial charge in [0.25, 0.3) is 0 Å². The van der Waals surface area contributed by atoms with Gasteiger partial charge in [0.2, 0.25) is 0 Å². The van der Waals surface area contributed by atoms with Gasteiger partial charge in [-0.1, -0.05) is 58.0 Å². The van der Waals surface area contributed by atoms with Crippen molar-refractivity contribution in [2.75, 3.05) is 0 Å². The van der Waals surface area contributed by atoms with Crippen LogP contribution in [0.15, 0.2) is 30.3 Å². The molecule has 16 heavy (non-hydrogen) atoms. The fraction of sp³-hybridized carbons (Fsp3) is 0.625. The minimum Gasteiger partial charge on any atom is -0.0628 e. The molecule has 0 heteroatoms. The molecule has 0 spiro atoms. The molecule has 0 fully saturated rings. The summed E-state index contributed by atoms with van der Waals surface area (Å²) in [4.78, 5) is 0. The summed E-state index contributed by atoms with van der Waals surface area (Å²) in [6.07, 6.45) is 5.20. The molecule has 0 amide bonds. The van der Waals surface area contributed by atoms with Crippen molar-refractivity contribution >= 4 is 0 Å². The standard InChI is InChI=1S/C16H26/c1-14(2)13-16(3,4)12-8-11-15-9-6-5-7-10-15/h5-7,9-10,14H,8,11-13H2,1-4H3. The van der Waals surface area contributed by atoms with Gasteiger partial charge in [-0.25, -0.2) is 0 Å². The number of benzene rings is 1. The third kappa shape index (κ3) is 5.34. The summed E-state index contributed by atoms with van der Waals surface area (Å²) < 4.78 is 0. The molecule has 90 valence electrons. The maximum absolute atomic E-state index is 2.40. The van der Waals surface area contributed by atoms with Crippen LogP contribution < -0.4 is 0 Å². The van der Waals surface area contributed by atoms with Gasteiger partial charge in [-0.15, -0.1) is 0 Å². The molecular weight excluding hydrogens is 192 g/mol. The van der Waals surface area contributed by atoms with Crippen LogP contribution in [-0.2, 0) is 6.42 Å². The van der Waals surface area contributed by atoms with E-state index < -0.39 is 0 Å². The molecule has 0 aliphatic rings. The lowest BCUT2D eigenvalue weighted by Crippen LogP contribution is -2.14. The predicted octanol–water partition coefficient (Wildman–Crippen LogP) is 5.08. The number of rotatable bonds is 6. The highest BCUT2D eigenvalue weighted by Gasteiger charge is 2.18. The van der Waals surface area contributed by atoms with E-state index in [0.717, 1.165) is 5.92 Å². The molecule has 0 saturated carbocycles. The zero-order valence-corrected chi connectivity index (χ0v) is 11.3. The average Bonchev–Trinajstić information content (AvgIpc) is 2.16. The third-order valence-electron chi connectivity index (χ3n) is 3.12. The van der Waals surface area contributed by atoms with Gasteiger partial charge in [-0.3, -0.25) is 0 Å². The Kier molecular flexibility index (Phi) is 5.05. The normalized spacial score (nSPS) is 12.1. The molecule has 0 heterocycles. The second kappa shape index (κ2) is 6.08. The van der Waals surface area contributed by atoms with Crippen LogP contribution in [0.4, 0.5) is 0 Å². The van der Waals surface area contributed by atoms with E-state index in [1.54, 1.807) is 0 Å². The van der Waals surface area contributed by atoms with Gasteiger partial charge >= 0.3 is 0 Å². The molecule has 1 aromatic rings. The predicted molar refractivity (Wildman–Crippen MR) is 72.6 cm³/mol. The highest BCUT2D eigenvalue weighted by molar-refractivity contribution is 5.14. The van der Waals surface area contributed by atoms with E-state index in [1.807, 2.05) is 0 Å². The SMILES string of the molecule is CC(C)CC(C)(C)CCCc1ccccc1.